The zero-order valence-corrected chi connectivity index (χ0v) is 18.3. The van der Waals surface area contributed by atoms with Gasteiger partial charge in [-0.3, -0.25) is 4.68 Å². The smallest absolute Gasteiger partial charge is 0.272 e. The molecule has 0 bridgehead atoms. The molecule has 0 atom stereocenters. The topological polar surface area (TPSA) is 70.5 Å². The van der Waals surface area contributed by atoms with Crippen molar-refractivity contribution in [2.45, 2.75) is 38.0 Å². The van der Waals surface area contributed by atoms with Crippen LogP contribution in [0.1, 0.15) is 23.6 Å². The van der Waals surface area contributed by atoms with Gasteiger partial charge in [-0.25, -0.2) is 4.79 Å². The lowest BCUT2D eigenvalue weighted by Crippen LogP contribution is -2.23. The van der Waals surface area contributed by atoms with E-state index in [1.165, 1.54) is 19.8 Å². The average molecular weight is 421 g/mol. The first-order valence-electron chi connectivity index (χ1n) is 9.83. The Balaban J connectivity index is 1.60. The van der Waals surface area contributed by atoms with Crippen LogP contribution in [0.15, 0.2) is 58.4 Å². The van der Waals surface area contributed by atoms with E-state index in [0.29, 0.717) is 0 Å². The quantitative estimate of drug-likeness (QED) is 0.444. The number of rotatable bonds is 6. The molecule has 2 heterocycles. The van der Waals surface area contributed by atoms with Crippen molar-refractivity contribution in [2.24, 2.45) is 7.05 Å². The first-order chi connectivity index (χ1) is 14.5. The van der Waals surface area contributed by atoms with Crippen LogP contribution in [0.4, 0.5) is 0 Å². The maximum Gasteiger partial charge on any atom is 0.368 e. The van der Waals surface area contributed by atoms with Gasteiger partial charge < -0.3 is 0 Å². The molecule has 7 nitrogen and oxygen atoms in total. The molecule has 0 fully saturated rings. The van der Waals surface area contributed by atoms with Crippen LogP contribution in [0.25, 0.3) is 16.9 Å². The summed E-state index contributed by atoms with van der Waals surface area (Å²) >= 11 is 1.75. The summed E-state index contributed by atoms with van der Waals surface area (Å²) in [7, 11) is 1.60. The summed E-state index contributed by atoms with van der Waals surface area (Å²) in [4.78, 5) is 13.5. The normalized spacial score (nSPS) is 11.2. The van der Waals surface area contributed by atoms with E-state index in [1.807, 2.05) is 29.1 Å². The molecule has 0 aliphatic heterocycles. The van der Waals surface area contributed by atoms with Gasteiger partial charge in [0.05, 0.1) is 11.4 Å². The van der Waals surface area contributed by atoms with E-state index in [0.717, 1.165) is 40.4 Å². The number of aryl methyl sites for hydroxylation is 4. The van der Waals surface area contributed by atoms with Crippen molar-refractivity contribution in [1.82, 2.24) is 29.6 Å². The van der Waals surface area contributed by atoms with Crippen LogP contribution in [0, 0.1) is 13.8 Å². The third-order valence-electron chi connectivity index (χ3n) is 5.14. The lowest BCUT2D eigenvalue weighted by atomic mass is 10.1. The molecule has 0 amide bonds. The predicted octanol–water partition coefficient (Wildman–Crippen LogP) is 3.76. The molecule has 8 heteroatoms. The highest BCUT2D eigenvalue weighted by Gasteiger charge is 2.14. The Morgan fingerprint density at radius 2 is 1.87 bits per heavy atom. The van der Waals surface area contributed by atoms with Crippen molar-refractivity contribution in [3.05, 3.63) is 75.8 Å². The van der Waals surface area contributed by atoms with E-state index < -0.39 is 0 Å². The Bertz CT molecular complexity index is 1250. The van der Waals surface area contributed by atoms with Gasteiger partial charge in [0.2, 0.25) is 0 Å². The molecule has 0 N–H and O–H groups in total. The van der Waals surface area contributed by atoms with Gasteiger partial charge in [-0.1, -0.05) is 18.2 Å². The zero-order valence-electron chi connectivity index (χ0n) is 17.5. The van der Waals surface area contributed by atoms with Crippen LogP contribution in [-0.4, -0.2) is 29.6 Å². The molecule has 0 radical (unpaired) electrons. The molecule has 2 aromatic heterocycles. The largest absolute Gasteiger partial charge is 0.368 e. The average Bonchev–Trinajstić information content (AvgIpc) is 3.35. The Labute approximate surface area is 179 Å². The summed E-state index contributed by atoms with van der Waals surface area (Å²) in [6.45, 7) is 7.12. The minimum atomic E-state index is -0.251. The molecule has 0 spiro atoms. The second-order valence-corrected chi connectivity index (χ2v) is 8.21. The van der Waals surface area contributed by atoms with E-state index >= 15 is 0 Å². The fraction of sp³-hybridized carbons (Fsp3) is 0.273. The van der Waals surface area contributed by atoms with Crippen LogP contribution in [-0.2, 0) is 19.3 Å². The monoisotopic (exact) mass is 420 g/mol. The molecule has 0 aliphatic rings. The molecule has 4 aromatic rings. The van der Waals surface area contributed by atoms with Crippen LogP contribution in [0.2, 0.25) is 0 Å². The lowest BCUT2D eigenvalue weighted by Gasteiger charge is -2.13. The SMILES string of the molecule is CCn1ccc(-c2ccc(SCc3c(C)cccc3-n3nnn(C)c3=O)c(C)c2)n1. The van der Waals surface area contributed by atoms with Gasteiger partial charge in [0, 0.05) is 36.0 Å². The summed E-state index contributed by atoms with van der Waals surface area (Å²) in [5.41, 5.74) is 6.04. The molecular formula is C22H24N6OS. The Morgan fingerprint density at radius 3 is 2.53 bits per heavy atom. The van der Waals surface area contributed by atoms with E-state index in [4.69, 9.17) is 0 Å². The Morgan fingerprint density at radius 1 is 1.03 bits per heavy atom. The molecule has 154 valence electrons. The summed E-state index contributed by atoms with van der Waals surface area (Å²) in [5.74, 6) is 0.732. The fourth-order valence-electron chi connectivity index (χ4n) is 3.35. The fourth-order valence-corrected chi connectivity index (χ4v) is 4.48. The van der Waals surface area contributed by atoms with Crippen molar-refractivity contribution < 1.29 is 0 Å². The molecule has 0 saturated heterocycles. The number of nitrogens with zero attached hydrogens (tertiary/aromatic N) is 6. The first-order valence-corrected chi connectivity index (χ1v) is 10.8. The van der Waals surface area contributed by atoms with Crippen LogP contribution >= 0.6 is 11.8 Å². The van der Waals surface area contributed by atoms with Crippen molar-refractivity contribution >= 4 is 11.8 Å². The van der Waals surface area contributed by atoms with Crippen LogP contribution in [0.3, 0.4) is 0 Å². The highest BCUT2D eigenvalue weighted by atomic mass is 32.2. The molecular weight excluding hydrogens is 396 g/mol. The number of benzene rings is 2. The van der Waals surface area contributed by atoms with Crippen molar-refractivity contribution in [2.75, 3.05) is 0 Å². The molecule has 30 heavy (non-hydrogen) atoms. The standard InChI is InChI=1S/C22H24N6OS/c1-5-27-12-11-19(23-27)17-9-10-21(16(3)13-17)30-14-18-15(2)7-6-8-20(18)28-22(29)26(4)24-25-28/h6-13H,5,14H2,1-4H3. The highest BCUT2D eigenvalue weighted by Crippen LogP contribution is 2.32. The van der Waals surface area contributed by atoms with Gasteiger partial charge in [-0.2, -0.15) is 14.5 Å². The van der Waals surface area contributed by atoms with E-state index in [9.17, 15) is 4.79 Å². The molecule has 0 unspecified atom stereocenters. The summed E-state index contributed by atoms with van der Waals surface area (Å²) in [5, 5.41) is 12.5. The number of tetrazole rings is 1. The number of thioether (sulfide) groups is 1. The molecule has 4 rings (SSSR count). The second kappa shape index (κ2) is 8.31. The van der Waals surface area contributed by atoms with Gasteiger partial charge in [0.15, 0.2) is 0 Å². The minimum absolute atomic E-state index is 0.251. The van der Waals surface area contributed by atoms with E-state index in [2.05, 4.69) is 60.6 Å². The highest BCUT2D eigenvalue weighted by molar-refractivity contribution is 7.98. The maximum atomic E-state index is 12.3. The molecule has 0 aliphatic carbocycles. The van der Waals surface area contributed by atoms with Crippen molar-refractivity contribution in [3.63, 3.8) is 0 Å². The number of hydrogen-bond donors (Lipinski definition) is 0. The maximum absolute atomic E-state index is 12.3. The van der Waals surface area contributed by atoms with Crippen molar-refractivity contribution in [1.29, 1.82) is 0 Å². The predicted molar refractivity (Wildman–Crippen MR) is 119 cm³/mol. The Kier molecular flexibility index (Phi) is 5.59. The molecule has 2 aromatic carbocycles. The zero-order chi connectivity index (χ0) is 21.3. The minimum Gasteiger partial charge on any atom is -0.272 e. The van der Waals surface area contributed by atoms with Crippen molar-refractivity contribution in [3.8, 4) is 16.9 Å². The number of aromatic nitrogens is 6. The third-order valence-corrected chi connectivity index (χ3v) is 6.34. The van der Waals surface area contributed by atoms with Gasteiger partial charge in [0.25, 0.3) is 0 Å². The summed E-state index contributed by atoms with van der Waals surface area (Å²) in [6.07, 6.45) is 2.00. The second-order valence-electron chi connectivity index (χ2n) is 7.20. The van der Waals surface area contributed by atoms with Gasteiger partial charge in [-0.15, -0.1) is 11.8 Å². The molecule has 0 saturated carbocycles. The third kappa shape index (κ3) is 3.82. The van der Waals surface area contributed by atoms with Gasteiger partial charge >= 0.3 is 5.69 Å². The van der Waals surface area contributed by atoms with Gasteiger partial charge in [0.1, 0.15) is 0 Å². The summed E-state index contributed by atoms with van der Waals surface area (Å²) in [6, 6.07) is 14.4. The Hall–Kier alpha value is -3.13. The number of hydrogen-bond acceptors (Lipinski definition) is 5. The lowest BCUT2D eigenvalue weighted by molar-refractivity contribution is 0.662. The first kappa shape index (κ1) is 20.2. The van der Waals surface area contributed by atoms with E-state index in [1.54, 1.807) is 18.8 Å². The van der Waals surface area contributed by atoms with E-state index in [-0.39, 0.29) is 5.69 Å². The summed E-state index contributed by atoms with van der Waals surface area (Å²) < 4.78 is 4.53. The van der Waals surface area contributed by atoms with Gasteiger partial charge in [-0.05, 0) is 72.2 Å². The van der Waals surface area contributed by atoms with Crippen LogP contribution < -0.4 is 5.69 Å². The van der Waals surface area contributed by atoms with Crippen LogP contribution in [0.5, 0.6) is 0 Å².